The lowest BCUT2D eigenvalue weighted by Gasteiger charge is -2.18. The van der Waals surface area contributed by atoms with E-state index in [1.807, 2.05) is 6.07 Å². The van der Waals surface area contributed by atoms with Crippen LogP contribution in [0.2, 0.25) is 0 Å². The van der Waals surface area contributed by atoms with Crippen LogP contribution in [0.5, 0.6) is 0 Å². The summed E-state index contributed by atoms with van der Waals surface area (Å²) in [4.78, 5) is 0. The first-order valence-corrected chi connectivity index (χ1v) is 5.08. The van der Waals surface area contributed by atoms with Gasteiger partial charge in [0.05, 0.1) is 18.6 Å². The van der Waals surface area contributed by atoms with Gasteiger partial charge in [0.15, 0.2) is 0 Å². The maximum Gasteiger partial charge on any atom is 0.0938 e. The van der Waals surface area contributed by atoms with E-state index in [4.69, 9.17) is 4.42 Å². The molecule has 2 atom stereocenters. The molecule has 0 bridgehead atoms. The summed E-state index contributed by atoms with van der Waals surface area (Å²) >= 11 is 0. The zero-order chi connectivity index (χ0) is 9.10. The van der Waals surface area contributed by atoms with E-state index in [2.05, 4.69) is 0 Å². The summed E-state index contributed by atoms with van der Waals surface area (Å²) < 4.78 is 5.05. The van der Waals surface area contributed by atoms with Crippen molar-refractivity contribution in [1.82, 2.24) is 0 Å². The summed E-state index contributed by atoms with van der Waals surface area (Å²) in [5, 5.41) is 9.88. The highest BCUT2D eigenvalue weighted by Crippen LogP contribution is 2.31. The minimum Gasteiger partial charge on any atom is -0.472 e. The van der Waals surface area contributed by atoms with Crippen LogP contribution < -0.4 is 0 Å². The SMILES string of the molecule is O[C@@H]1CCCCC[C@H]1c1ccoc1. The van der Waals surface area contributed by atoms with E-state index in [1.54, 1.807) is 12.5 Å². The van der Waals surface area contributed by atoms with Gasteiger partial charge >= 0.3 is 0 Å². The van der Waals surface area contributed by atoms with E-state index in [0.29, 0.717) is 5.92 Å². The standard InChI is InChI=1S/C11H16O2/c12-11-5-3-1-2-4-10(11)9-6-7-13-8-9/h6-8,10-12H,1-5H2/t10-,11+/m0/s1. The highest BCUT2D eigenvalue weighted by atomic mass is 16.3. The molecule has 0 aromatic carbocycles. The third kappa shape index (κ3) is 1.94. The first-order chi connectivity index (χ1) is 6.38. The highest BCUT2D eigenvalue weighted by molar-refractivity contribution is 5.14. The monoisotopic (exact) mass is 180 g/mol. The maximum atomic E-state index is 9.88. The molecule has 0 radical (unpaired) electrons. The number of furan rings is 1. The summed E-state index contributed by atoms with van der Waals surface area (Å²) in [5.41, 5.74) is 1.16. The Balaban J connectivity index is 2.11. The number of hydrogen-bond acceptors (Lipinski definition) is 2. The Morgan fingerprint density at radius 3 is 2.85 bits per heavy atom. The van der Waals surface area contributed by atoms with Crippen molar-refractivity contribution in [2.45, 2.75) is 44.1 Å². The zero-order valence-electron chi connectivity index (χ0n) is 7.78. The molecule has 13 heavy (non-hydrogen) atoms. The predicted molar refractivity (Wildman–Crippen MR) is 50.5 cm³/mol. The van der Waals surface area contributed by atoms with Gasteiger partial charge in [0.25, 0.3) is 0 Å². The van der Waals surface area contributed by atoms with Crippen LogP contribution in [0.25, 0.3) is 0 Å². The molecule has 0 spiro atoms. The second kappa shape index (κ2) is 3.97. The fourth-order valence-electron chi connectivity index (χ4n) is 2.16. The van der Waals surface area contributed by atoms with Gasteiger partial charge in [0.2, 0.25) is 0 Å². The molecule has 0 saturated heterocycles. The van der Waals surface area contributed by atoms with Crippen molar-refractivity contribution in [3.63, 3.8) is 0 Å². The minimum absolute atomic E-state index is 0.167. The van der Waals surface area contributed by atoms with Crippen molar-refractivity contribution in [3.8, 4) is 0 Å². The molecule has 1 fully saturated rings. The van der Waals surface area contributed by atoms with Gasteiger partial charge in [0.1, 0.15) is 0 Å². The topological polar surface area (TPSA) is 33.4 Å². The van der Waals surface area contributed by atoms with Crippen LogP contribution in [0, 0.1) is 0 Å². The Labute approximate surface area is 78.6 Å². The Bertz CT molecular complexity index is 241. The molecule has 0 amide bonds. The highest BCUT2D eigenvalue weighted by Gasteiger charge is 2.23. The lowest BCUT2D eigenvalue weighted by Crippen LogP contribution is -2.16. The van der Waals surface area contributed by atoms with Gasteiger partial charge < -0.3 is 9.52 Å². The van der Waals surface area contributed by atoms with Gasteiger partial charge in [-0.05, 0) is 24.5 Å². The summed E-state index contributed by atoms with van der Waals surface area (Å²) in [6.07, 6.45) is 8.97. The van der Waals surface area contributed by atoms with Gasteiger partial charge in [-0.1, -0.05) is 19.3 Å². The second-order valence-corrected chi connectivity index (χ2v) is 3.87. The third-order valence-electron chi connectivity index (χ3n) is 2.95. The molecule has 1 saturated carbocycles. The van der Waals surface area contributed by atoms with Crippen LogP contribution in [0.4, 0.5) is 0 Å². The zero-order valence-corrected chi connectivity index (χ0v) is 7.78. The molecule has 1 aromatic rings. The van der Waals surface area contributed by atoms with Crippen molar-refractivity contribution in [3.05, 3.63) is 24.2 Å². The van der Waals surface area contributed by atoms with Gasteiger partial charge in [-0.2, -0.15) is 0 Å². The first kappa shape index (κ1) is 8.82. The molecule has 0 unspecified atom stereocenters. The summed E-state index contributed by atoms with van der Waals surface area (Å²) in [6.45, 7) is 0. The Hall–Kier alpha value is -0.760. The van der Waals surface area contributed by atoms with Crippen molar-refractivity contribution in [2.75, 3.05) is 0 Å². The average Bonchev–Trinajstić information content (AvgIpc) is 2.56. The molecule has 2 heteroatoms. The van der Waals surface area contributed by atoms with Crippen molar-refractivity contribution in [1.29, 1.82) is 0 Å². The van der Waals surface area contributed by atoms with Crippen LogP contribution in [0.3, 0.4) is 0 Å². The first-order valence-electron chi connectivity index (χ1n) is 5.08. The van der Waals surface area contributed by atoms with E-state index in [1.165, 1.54) is 12.8 Å². The fourth-order valence-corrected chi connectivity index (χ4v) is 2.16. The molecule has 1 aliphatic carbocycles. The lowest BCUT2D eigenvalue weighted by molar-refractivity contribution is 0.135. The Morgan fingerprint density at radius 1 is 1.23 bits per heavy atom. The van der Waals surface area contributed by atoms with E-state index < -0.39 is 0 Å². The maximum absolute atomic E-state index is 9.88. The van der Waals surface area contributed by atoms with Crippen LogP contribution in [0.1, 0.15) is 43.6 Å². The van der Waals surface area contributed by atoms with E-state index in [0.717, 1.165) is 24.8 Å². The van der Waals surface area contributed by atoms with Gasteiger partial charge in [-0.3, -0.25) is 0 Å². The van der Waals surface area contributed by atoms with Gasteiger partial charge in [-0.15, -0.1) is 0 Å². The van der Waals surface area contributed by atoms with E-state index >= 15 is 0 Å². The van der Waals surface area contributed by atoms with Gasteiger partial charge in [-0.25, -0.2) is 0 Å². The van der Waals surface area contributed by atoms with Crippen LogP contribution in [-0.2, 0) is 0 Å². The molecule has 2 rings (SSSR count). The Morgan fingerprint density at radius 2 is 2.08 bits per heavy atom. The van der Waals surface area contributed by atoms with Crippen LogP contribution in [0.15, 0.2) is 23.0 Å². The molecule has 1 heterocycles. The van der Waals surface area contributed by atoms with Gasteiger partial charge in [0, 0.05) is 5.92 Å². The minimum atomic E-state index is -0.167. The largest absolute Gasteiger partial charge is 0.472 e. The molecule has 2 nitrogen and oxygen atoms in total. The van der Waals surface area contributed by atoms with Crippen molar-refractivity contribution in [2.24, 2.45) is 0 Å². The summed E-state index contributed by atoms with van der Waals surface area (Å²) in [5.74, 6) is 0.307. The quantitative estimate of drug-likeness (QED) is 0.674. The molecule has 1 aromatic heterocycles. The molecule has 72 valence electrons. The lowest BCUT2D eigenvalue weighted by atomic mass is 9.91. The number of hydrogen-bond donors (Lipinski definition) is 1. The molecular formula is C11H16O2. The summed E-state index contributed by atoms with van der Waals surface area (Å²) in [7, 11) is 0. The molecule has 0 aliphatic heterocycles. The number of aliphatic hydroxyl groups excluding tert-OH is 1. The Kier molecular flexibility index (Phi) is 2.69. The fraction of sp³-hybridized carbons (Fsp3) is 0.636. The van der Waals surface area contributed by atoms with E-state index in [-0.39, 0.29) is 6.10 Å². The smallest absolute Gasteiger partial charge is 0.0938 e. The molecule has 1 aliphatic rings. The number of aliphatic hydroxyl groups is 1. The van der Waals surface area contributed by atoms with Crippen LogP contribution >= 0.6 is 0 Å². The van der Waals surface area contributed by atoms with Crippen molar-refractivity contribution < 1.29 is 9.52 Å². The third-order valence-corrected chi connectivity index (χ3v) is 2.95. The molecule has 1 N–H and O–H groups in total. The number of rotatable bonds is 1. The normalized spacial score (nSPS) is 29.9. The van der Waals surface area contributed by atoms with E-state index in [9.17, 15) is 5.11 Å². The summed E-state index contributed by atoms with van der Waals surface area (Å²) in [6, 6.07) is 1.97. The predicted octanol–water partition coefficient (Wildman–Crippen LogP) is 2.69. The average molecular weight is 180 g/mol. The van der Waals surface area contributed by atoms with Crippen LogP contribution in [-0.4, -0.2) is 11.2 Å². The van der Waals surface area contributed by atoms with Crippen molar-refractivity contribution >= 4 is 0 Å². The molecular weight excluding hydrogens is 164 g/mol. The second-order valence-electron chi connectivity index (χ2n) is 3.87.